The molecule has 1 saturated heterocycles. The molecule has 1 fully saturated rings. The van der Waals surface area contributed by atoms with E-state index in [9.17, 15) is 5.11 Å². The molecule has 5 nitrogen and oxygen atoms in total. The Morgan fingerprint density at radius 1 is 0.594 bits per heavy atom. The second-order valence-electron chi connectivity index (χ2n) is 8.02. The van der Waals surface area contributed by atoms with Crippen molar-refractivity contribution in [3.8, 4) is 0 Å². The van der Waals surface area contributed by atoms with E-state index < -0.39 is 24.6 Å². The van der Waals surface area contributed by atoms with Gasteiger partial charge in [0, 0.05) is 0 Å². The lowest BCUT2D eigenvalue weighted by Crippen LogP contribution is -2.59. The first-order valence-corrected chi connectivity index (χ1v) is 11.0. The molecule has 0 radical (unpaired) electrons. The molecule has 1 heterocycles. The van der Waals surface area contributed by atoms with Crippen molar-refractivity contribution in [2.45, 2.75) is 57.5 Å². The maximum atomic E-state index is 10.7. The van der Waals surface area contributed by atoms with Gasteiger partial charge in [-0.25, -0.2) is 0 Å². The highest BCUT2D eigenvalue weighted by Crippen LogP contribution is 2.29. The first-order valence-electron chi connectivity index (χ1n) is 11.0. The van der Waals surface area contributed by atoms with Crippen LogP contribution in [-0.4, -0.2) is 35.8 Å². The van der Waals surface area contributed by atoms with Crippen LogP contribution in [0.2, 0.25) is 0 Å². The molecule has 5 heteroatoms. The number of rotatable bonds is 9. The van der Waals surface area contributed by atoms with Gasteiger partial charge in [0.1, 0.15) is 18.3 Å². The van der Waals surface area contributed by atoms with Gasteiger partial charge < -0.3 is 24.1 Å². The van der Waals surface area contributed by atoms with Gasteiger partial charge in [-0.3, -0.25) is 0 Å². The van der Waals surface area contributed by atoms with Crippen LogP contribution in [0.5, 0.6) is 0 Å². The average Bonchev–Trinajstić information content (AvgIpc) is 2.83. The van der Waals surface area contributed by atoms with Crippen LogP contribution >= 0.6 is 0 Å². The normalized spacial score (nSPS) is 25.5. The summed E-state index contributed by atoms with van der Waals surface area (Å²) in [5.41, 5.74) is 3.13. The average molecular weight is 435 g/mol. The molecule has 0 bridgehead atoms. The van der Waals surface area contributed by atoms with Crippen molar-refractivity contribution < 1.29 is 24.1 Å². The summed E-state index contributed by atoms with van der Waals surface area (Å²) < 4.78 is 24.5. The van der Waals surface area contributed by atoms with Crippen LogP contribution in [0.1, 0.15) is 23.6 Å². The van der Waals surface area contributed by atoms with Gasteiger partial charge in [0.05, 0.1) is 25.9 Å². The minimum Gasteiger partial charge on any atom is -0.368 e. The lowest BCUT2D eigenvalue weighted by Gasteiger charge is -2.43. The molecule has 168 valence electrons. The number of aliphatic hydroxyl groups is 1. The lowest BCUT2D eigenvalue weighted by atomic mass is 9.98. The molecule has 0 spiro atoms. The third-order valence-corrected chi connectivity index (χ3v) is 5.60. The van der Waals surface area contributed by atoms with Crippen molar-refractivity contribution >= 4 is 0 Å². The molecule has 3 aromatic carbocycles. The Bertz CT molecular complexity index is 863. The van der Waals surface area contributed by atoms with E-state index in [0.29, 0.717) is 19.8 Å². The third-order valence-electron chi connectivity index (χ3n) is 5.60. The Hall–Kier alpha value is -2.54. The van der Waals surface area contributed by atoms with E-state index >= 15 is 0 Å². The molecule has 3 aromatic rings. The van der Waals surface area contributed by atoms with Crippen LogP contribution in [0.3, 0.4) is 0 Å². The zero-order valence-electron chi connectivity index (χ0n) is 18.2. The molecule has 32 heavy (non-hydrogen) atoms. The molecular formula is C27H30O5. The van der Waals surface area contributed by atoms with E-state index in [1.807, 2.05) is 97.9 Å². The predicted molar refractivity (Wildman–Crippen MR) is 122 cm³/mol. The van der Waals surface area contributed by atoms with Crippen molar-refractivity contribution in [3.05, 3.63) is 108 Å². The molecular weight excluding hydrogens is 404 g/mol. The Morgan fingerprint density at radius 2 is 0.969 bits per heavy atom. The fourth-order valence-electron chi connectivity index (χ4n) is 3.89. The highest BCUT2D eigenvalue weighted by Gasteiger charge is 2.46. The first kappa shape index (κ1) is 22.6. The smallest absolute Gasteiger partial charge is 0.184 e. The quantitative estimate of drug-likeness (QED) is 0.538. The molecule has 1 unspecified atom stereocenters. The van der Waals surface area contributed by atoms with Crippen molar-refractivity contribution in [2.24, 2.45) is 0 Å². The largest absolute Gasteiger partial charge is 0.368 e. The Morgan fingerprint density at radius 3 is 1.41 bits per heavy atom. The number of hydrogen-bond donors (Lipinski definition) is 1. The Balaban J connectivity index is 1.50. The fourth-order valence-corrected chi connectivity index (χ4v) is 3.89. The van der Waals surface area contributed by atoms with Crippen molar-refractivity contribution in [1.29, 1.82) is 0 Å². The number of hydrogen-bond acceptors (Lipinski definition) is 5. The maximum absolute atomic E-state index is 10.7. The van der Waals surface area contributed by atoms with E-state index in [0.717, 1.165) is 16.7 Å². The van der Waals surface area contributed by atoms with Crippen LogP contribution < -0.4 is 0 Å². The monoisotopic (exact) mass is 434 g/mol. The zero-order valence-corrected chi connectivity index (χ0v) is 18.2. The summed E-state index contributed by atoms with van der Waals surface area (Å²) in [4.78, 5) is 0. The number of aliphatic hydroxyl groups excluding tert-OH is 1. The van der Waals surface area contributed by atoms with Gasteiger partial charge in [-0.1, -0.05) is 91.0 Å². The minimum absolute atomic E-state index is 0.344. The van der Waals surface area contributed by atoms with Gasteiger partial charge in [0.2, 0.25) is 0 Å². The second kappa shape index (κ2) is 11.4. The molecule has 0 aromatic heterocycles. The van der Waals surface area contributed by atoms with Gasteiger partial charge in [-0.15, -0.1) is 0 Å². The lowest BCUT2D eigenvalue weighted by molar-refractivity contribution is -0.308. The molecule has 1 aliphatic rings. The summed E-state index contributed by atoms with van der Waals surface area (Å²) in [6, 6.07) is 29.8. The summed E-state index contributed by atoms with van der Waals surface area (Å²) in [6.07, 6.45) is -3.04. The molecule has 5 atom stereocenters. The Kier molecular flexibility index (Phi) is 8.04. The highest BCUT2D eigenvalue weighted by molar-refractivity contribution is 5.15. The van der Waals surface area contributed by atoms with Crippen LogP contribution in [0.15, 0.2) is 91.0 Å². The molecule has 0 saturated carbocycles. The minimum atomic E-state index is -1.11. The van der Waals surface area contributed by atoms with E-state index in [2.05, 4.69) is 0 Å². The van der Waals surface area contributed by atoms with Gasteiger partial charge in [-0.2, -0.15) is 0 Å². The maximum Gasteiger partial charge on any atom is 0.184 e. The third kappa shape index (κ3) is 6.03. The number of ether oxygens (including phenoxy) is 4. The van der Waals surface area contributed by atoms with Gasteiger partial charge >= 0.3 is 0 Å². The van der Waals surface area contributed by atoms with E-state index in [1.54, 1.807) is 0 Å². The van der Waals surface area contributed by atoms with Crippen molar-refractivity contribution in [3.63, 3.8) is 0 Å². The standard InChI is InChI=1S/C27H30O5/c1-20-24(29-17-21-11-5-2-6-12-21)25(30-18-22-13-7-3-8-14-22)26(27(28)32-20)31-19-23-15-9-4-10-16-23/h2-16,20,24-28H,17-19H2,1H3/t20-,24-,25+,26+,27?/m0/s1. The van der Waals surface area contributed by atoms with Crippen LogP contribution in [0.4, 0.5) is 0 Å². The summed E-state index contributed by atoms with van der Waals surface area (Å²) >= 11 is 0. The topological polar surface area (TPSA) is 57.2 Å². The summed E-state index contributed by atoms with van der Waals surface area (Å²) in [7, 11) is 0. The van der Waals surface area contributed by atoms with Crippen LogP contribution in [0, 0.1) is 0 Å². The first-order chi connectivity index (χ1) is 15.7. The molecule has 0 amide bonds. The molecule has 1 N–H and O–H groups in total. The Labute approximate surface area is 189 Å². The molecule has 0 aliphatic carbocycles. The van der Waals surface area contributed by atoms with E-state index in [4.69, 9.17) is 18.9 Å². The van der Waals surface area contributed by atoms with Gasteiger partial charge in [0.25, 0.3) is 0 Å². The van der Waals surface area contributed by atoms with E-state index in [1.165, 1.54) is 0 Å². The number of benzene rings is 3. The second-order valence-corrected chi connectivity index (χ2v) is 8.02. The van der Waals surface area contributed by atoms with Crippen LogP contribution in [-0.2, 0) is 38.8 Å². The molecule has 1 aliphatic heterocycles. The summed E-state index contributed by atoms with van der Waals surface area (Å²) in [6.45, 7) is 3.05. The van der Waals surface area contributed by atoms with Crippen molar-refractivity contribution in [2.75, 3.05) is 0 Å². The zero-order chi connectivity index (χ0) is 22.2. The van der Waals surface area contributed by atoms with Gasteiger partial charge in [-0.05, 0) is 23.6 Å². The predicted octanol–water partition coefficient (Wildman–Crippen LogP) is 4.48. The van der Waals surface area contributed by atoms with E-state index in [-0.39, 0.29) is 6.10 Å². The molecule has 4 rings (SSSR count). The van der Waals surface area contributed by atoms with Crippen LogP contribution in [0.25, 0.3) is 0 Å². The summed E-state index contributed by atoms with van der Waals surface area (Å²) in [5, 5.41) is 10.7. The van der Waals surface area contributed by atoms with Gasteiger partial charge in [0.15, 0.2) is 6.29 Å². The SMILES string of the molecule is C[C@@H]1OC(O)[C@H](OCc2ccccc2)[C@H](OCc2ccccc2)[C@H]1OCc1ccccc1. The van der Waals surface area contributed by atoms with Crippen molar-refractivity contribution in [1.82, 2.24) is 0 Å². The fraction of sp³-hybridized carbons (Fsp3) is 0.333. The summed E-state index contributed by atoms with van der Waals surface area (Å²) in [5.74, 6) is 0. The highest BCUT2D eigenvalue weighted by atomic mass is 16.7.